The van der Waals surface area contributed by atoms with Crippen molar-refractivity contribution < 1.29 is 26.1 Å². The number of hydrogen-bond acceptors (Lipinski definition) is 7. The smallest absolute Gasteiger partial charge is 0.266 e. The Bertz CT molecular complexity index is 1470. The van der Waals surface area contributed by atoms with Crippen molar-refractivity contribution in [2.24, 2.45) is 0 Å². The van der Waals surface area contributed by atoms with Gasteiger partial charge in [0.1, 0.15) is 10.6 Å². The predicted molar refractivity (Wildman–Crippen MR) is 121 cm³/mol. The van der Waals surface area contributed by atoms with Gasteiger partial charge in [-0.3, -0.25) is 4.72 Å². The topological polar surface area (TPSA) is 116 Å². The van der Waals surface area contributed by atoms with Crippen molar-refractivity contribution in [1.29, 1.82) is 0 Å². The Morgan fingerprint density at radius 2 is 1.88 bits per heavy atom. The summed E-state index contributed by atoms with van der Waals surface area (Å²) < 4.78 is 64.2. The van der Waals surface area contributed by atoms with Gasteiger partial charge in [0, 0.05) is 33.3 Å². The highest BCUT2D eigenvalue weighted by Gasteiger charge is 2.50. The largest absolute Gasteiger partial charge is 0.495 e. The third kappa shape index (κ3) is 3.43. The van der Waals surface area contributed by atoms with Gasteiger partial charge in [0.05, 0.1) is 12.0 Å². The van der Waals surface area contributed by atoms with Gasteiger partial charge in [0.25, 0.3) is 10.0 Å². The van der Waals surface area contributed by atoms with E-state index in [2.05, 4.69) is 31.9 Å². The molecule has 1 saturated carbocycles. The Hall–Kier alpha value is -2.37. The SMILES string of the molecule is COc1cc(S(C)(=O)=O)ccc1S(=O)(=O)Nc1noc2c1CC1(CC1)c1ccc(Br)cc1-2. The van der Waals surface area contributed by atoms with E-state index in [1.807, 2.05) is 12.1 Å². The molecule has 3 aromatic rings. The number of aromatic nitrogens is 1. The second-order valence-electron chi connectivity index (χ2n) is 8.18. The second kappa shape index (κ2) is 7.06. The van der Waals surface area contributed by atoms with E-state index < -0.39 is 19.9 Å². The van der Waals surface area contributed by atoms with Crippen molar-refractivity contribution in [3.63, 3.8) is 0 Å². The minimum atomic E-state index is -4.13. The lowest BCUT2D eigenvalue weighted by Crippen LogP contribution is -2.20. The zero-order valence-electron chi connectivity index (χ0n) is 17.2. The molecule has 1 spiro atoms. The van der Waals surface area contributed by atoms with Crippen LogP contribution in [0, 0.1) is 0 Å². The van der Waals surface area contributed by atoms with Crippen molar-refractivity contribution in [3.05, 3.63) is 52.0 Å². The van der Waals surface area contributed by atoms with Gasteiger partial charge in [-0.25, -0.2) is 16.8 Å². The van der Waals surface area contributed by atoms with Gasteiger partial charge in [-0.2, -0.15) is 0 Å². The van der Waals surface area contributed by atoms with E-state index in [4.69, 9.17) is 9.26 Å². The van der Waals surface area contributed by atoms with Gasteiger partial charge in [-0.05, 0) is 49.1 Å². The number of sulfonamides is 1. The normalized spacial score (nSPS) is 16.3. The quantitative estimate of drug-likeness (QED) is 0.523. The lowest BCUT2D eigenvalue weighted by atomic mass is 9.79. The van der Waals surface area contributed by atoms with Crippen molar-refractivity contribution in [1.82, 2.24) is 5.16 Å². The lowest BCUT2D eigenvalue weighted by Gasteiger charge is -2.24. The summed E-state index contributed by atoms with van der Waals surface area (Å²) in [6.07, 6.45) is 3.70. The molecule has 8 nitrogen and oxygen atoms in total. The van der Waals surface area contributed by atoms with Gasteiger partial charge in [0.2, 0.25) is 0 Å². The molecule has 168 valence electrons. The fourth-order valence-electron chi connectivity index (χ4n) is 4.25. The number of rotatable bonds is 5. The Kier molecular flexibility index (Phi) is 4.74. The Morgan fingerprint density at radius 1 is 1.12 bits per heavy atom. The van der Waals surface area contributed by atoms with Crippen molar-refractivity contribution in [2.75, 3.05) is 18.1 Å². The summed E-state index contributed by atoms with van der Waals surface area (Å²) in [5, 5.41) is 4.03. The van der Waals surface area contributed by atoms with Crippen LogP contribution < -0.4 is 9.46 Å². The maximum atomic E-state index is 13.2. The third-order valence-corrected chi connectivity index (χ3v) is 9.02. The van der Waals surface area contributed by atoms with Crippen LogP contribution in [0.4, 0.5) is 5.82 Å². The van der Waals surface area contributed by atoms with Crippen LogP contribution in [0.3, 0.4) is 0 Å². The first-order chi connectivity index (χ1) is 15.0. The second-order valence-corrected chi connectivity index (χ2v) is 12.8. The molecule has 0 aliphatic heterocycles. The number of anilines is 1. The zero-order chi connectivity index (χ0) is 22.9. The molecule has 1 heterocycles. The molecule has 0 bridgehead atoms. The summed E-state index contributed by atoms with van der Waals surface area (Å²) in [7, 11) is -6.37. The molecule has 0 atom stereocenters. The number of fused-ring (bicyclic) bond motifs is 4. The van der Waals surface area contributed by atoms with Gasteiger partial charge in [-0.1, -0.05) is 27.2 Å². The highest BCUT2D eigenvalue weighted by atomic mass is 79.9. The highest BCUT2D eigenvalue weighted by Crippen LogP contribution is 2.58. The van der Waals surface area contributed by atoms with Gasteiger partial charge >= 0.3 is 0 Å². The van der Waals surface area contributed by atoms with Crippen LogP contribution in [0.5, 0.6) is 5.75 Å². The first kappa shape index (κ1) is 21.5. The van der Waals surface area contributed by atoms with Gasteiger partial charge in [0.15, 0.2) is 21.4 Å². The first-order valence-electron chi connectivity index (χ1n) is 9.74. The summed E-state index contributed by atoms with van der Waals surface area (Å²) in [6, 6.07) is 9.67. The standard InChI is InChI=1S/C21H19BrN2O6S2/c1-29-17-10-13(31(2,25)26)4-6-18(17)32(27,28)24-20-15-11-21(7-8-21)16-5-3-12(22)9-14(16)19(15)30-23-20/h3-6,9-10H,7-8,11H2,1-2H3,(H,23,24). The number of methoxy groups -OCH3 is 1. The number of benzene rings is 2. The maximum Gasteiger partial charge on any atom is 0.266 e. The highest BCUT2D eigenvalue weighted by molar-refractivity contribution is 9.10. The fraction of sp³-hybridized carbons (Fsp3) is 0.286. The van der Waals surface area contributed by atoms with E-state index in [1.54, 1.807) is 0 Å². The minimum Gasteiger partial charge on any atom is -0.495 e. The number of sulfone groups is 1. The zero-order valence-corrected chi connectivity index (χ0v) is 20.4. The van der Waals surface area contributed by atoms with Gasteiger partial charge in [-0.15, -0.1) is 0 Å². The first-order valence-corrected chi connectivity index (χ1v) is 13.9. The summed E-state index contributed by atoms with van der Waals surface area (Å²) in [4.78, 5) is -0.228. The Balaban J connectivity index is 1.56. The Labute approximate surface area is 194 Å². The van der Waals surface area contributed by atoms with Crippen molar-refractivity contribution >= 4 is 41.6 Å². The molecular formula is C21H19BrN2O6S2. The average molecular weight is 539 g/mol. The number of hydrogen-bond donors (Lipinski definition) is 1. The van der Waals surface area contributed by atoms with E-state index in [9.17, 15) is 16.8 Å². The average Bonchev–Trinajstić information content (AvgIpc) is 3.39. The number of nitrogens with one attached hydrogen (secondary N) is 1. The Morgan fingerprint density at radius 3 is 2.53 bits per heavy atom. The van der Waals surface area contributed by atoms with Crippen LogP contribution in [-0.2, 0) is 31.7 Å². The summed E-state index contributed by atoms with van der Waals surface area (Å²) in [5.74, 6) is 0.604. The van der Waals surface area contributed by atoms with E-state index in [-0.39, 0.29) is 26.8 Å². The maximum absolute atomic E-state index is 13.2. The van der Waals surface area contributed by atoms with Crippen molar-refractivity contribution in [2.45, 2.75) is 34.5 Å². The molecule has 5 rings (SSSR count). The van der Waals surface area contributed by atoms with Crippen LogP contribution in [-0.4, -0.2) is 35.4 Å². The molecule has 0 amide bonds. The molecule has 1 fully saturated rings. The molecule has 32 heavy (non-hydrogen) atoms. The van der Waals surface area contributed by atoms with E-state index >= 15 is 0 Å². The molecule has 11 heteroatoms. The van der Waals surface area contributed by atoms with Crippen LogP contribution >= 0.6 is 15.9 Å². The third-order valence-electron chi connectivity index (χ3n) is 6.04. The summed E-state index contributed by atoms with van der Waals surface area (Å²) in [5.41, 5.74) is 2.79. The number of halogens is 1. The minimum absolute atomic E-state index is 0.0242. The molecule has 0 radical (unpaired) electrons. The summed E-state index contributed by atoms with van der Waals surface area (Å²) in [6.45, 7) is 0. The van der Waals surface area contributed by atoms with E-state index in [0.29, 0.717) is 17.7 Å². The van der Waals surface area contributed by atoms with E-state index in [1.165, 1.54) is 30.9 Å². The van der Waals surface area contributed by atoms with E-state index in [0.717, 1.165) is 29.1 Å². The molecule has 2 aromatic carbocycles. The molecule has 0 saturated heterocycles. The summed E-state index contributed by atoms with van der Waals surface area (Å²) >= 11 is 3.49. The van der Waals surface area contributed by atoms with Gasteiger partial charge < -0.3 is 9.26 Å². The molecule has 2 aliphatic carbocycles. The molecule has 1 N–H and O–H groups in total. The molecule has 2 aliphatic rings. The van der Waals surface area contributed by atoms with Crippen LogP contribution in [0.25, 0.3) is 11.3 Å². The van der Waals surface area contributed by atoms with Crippen LogP contribution in [0.2, 0.25) is 0 Å². The molecule has 0 unspecified atom stereocenters. The molecule has 1 aromatic heterocycles. The lowest BCUT2D eigenvalue weighted by molar-refractivity contribution is 0.401. The monoisotopic (exact) mass is 538 g/mol. The fourth-order valence-corrected chi connectivity index (χ4v) is 6.42. The van der Waals surface area contributed by atoms with Crippen molar-refractivity contribution in [3.8, 4) is 17.1 Å². The molecular weight excluding hydrogens is 520 g/mol. The van der Waals surface area contributed by atoms with Crippen LogP contribution in [0.1, 0.15) is 24.0 Å². The van der Waals surface area contributed by atoms with Crippen LogP contribution in [0.15, 0.2) is 55.2 Å². The number of nitrogens with zero attached hydrogens (tertiary/aromatic N) is 1. The number of ether oxygens (including phenoxy) is 1. The predicted octanol–water partition coefficient (Wildman–Crippen LogP) is 3.90.